The van der Waals surface area contributed by atoms with Crippen LogP contribution in [0.25, 0.3) is 0 Å². The minimum absolute atomic E-state index is 0.255. The van der Waals surface area contributed by atoms with Gasteiger partial charge in [-0.1, -0.05) is 0 Å². The summed E-state index contributed by atoms with van der Waals surface area (Å²) in [5.74, 6) is 0. The molecular weight excluding hydrogens is 188 g/mol. The summed E-state index contributed by atoms with van der Waals surface area (Å²) in [5, 5.41) is 19.3. The minimum atomic E-state index is -0.906. The second kappa shape index (κ2) is 4.56. The number of carbonyl (C=O) groups excluding carboxylic acids is 1. The Kier molecular flexibility index (Phi) is 3.41. The van der Waals surface area contributed by atoms with Gasteiger partial charge in [-0.25, -0.2) is 4.79 Å². The summed E-state index contributed by atoms with van der Waals surface area (Å²) in [7, 11) is 0. The Bertz CT molecular complexity index is 287. The third kappa shape index (κ3) is 3.02. The number of carbonyl (C=O) groups is 1. The van der Waals surface area contributed by atoms with Gasteiger partial charge < -0.3 is 15.6 Å². The van der Waals surface area contributed by atoms with Gasteiger partial charge in [-0.05, 0) is 6.92 Å². The average Bonchev–Trinajstić information content (AvgIpc) is 2.55. The first-order valence-electron chi connectivity index (χ1n) is 4.08. The molecule has 0 spiro atoms. The molecule has 0 bridgehead atoms. The summed E-state index contributed by atoms with van der Waals surface area (Å²) >= 11 is 0. The zero-order chi connectivity index (χ0) is 10.6. The second-order valence-corrected chi connectivity index (χ2v) is 2.87. The maximum absolute atomic E-state index is 10.4. The van der Waals surface area contributed by atoms with Crippen molar-refractivity contribution in [3.63, 3.8) is 0 Å². The molecule has 0 aliphatic heterocycles. The van der Waals surface area contributed by atoms with Crippen LogP contribution in [0.5, 0.6) is 0 Å². The van der Waals surface area contributed by atoms with Crippen molar-refractivity contribution in [3.8, 4) is 0 Å². The van der Waals surface area contributed by atoms with E-state index in [2.05, 4.69) is 20.1 Å². The number of rotatable bonds is 4. The Morgan fingerprint density at radius 3 is 3.07 bits per heavy atom. The van der Waals surface area contributed by atoms with Crippen molar-refractivity contribution in [3.05, 3.63) is 11.9 Å². The van der Waals surface area contributed by atoms with E-state index in [-0.39, 0.29) is 6.42 Å². The van der Waals surface area contributed by atoms with E-state index in [1.54, 1.807) is 6.92 Å². The standard InChI is InChI=1S/C7H12N4O3/c1-4(14-7(8)13)6(12)2-5-3-9-11-10-5/h3-4,6,12H,2H2,1H3,(H2,8,13)(H,9,10,11). The maximum Gasteiger partial charge on any atom is 0.404 e. The maximum atomic E-state index is 10.4. The quantitative estimate of drug-likeness (QED) is 0.588. The molecule has 78 valence electrons. The third-order valence-corrected chi connectivity index (χ3v) is 1.73. The lowest BCUT2D eigenvalue weighted by molar-refractivity contribution is 0.0167. The number of aliphatic hydroxyl groups is 1. The van der Waals surface area contributed by atoms with Crippen molar-refractivity contribution in [2.24, 2.45) is 5.73 Å². The van der Waals surface area contributed by atoms with Gasteiger partial charge in [0.25, 0.3) is 0 Å². The molecule has 1 amide bonds. The molecule has 0 radical (unpaired) electrons. The summed E-state index contributed by atoms with van der Waals surface area (Å²) in [6.45, 7) is 1.55. The van der Waals surface area contributed by atoms with Crippen molar-refractivity contribution < 1.29 is 14.6 Å². The number of aromatic amines is 1. The van der Waals surface area contributed by atoms with E-state index in [1.165, 1.54) is 6.20 Å². The molecule has 14 heavy (non-hydrogen) atoms. The van der Waals surface area contributed by atoms with Crippen LogP contribution in [0, 0.1) is 0 Å². The molecule has 0 aliphatic rings. The first-order chi connectivity index (χ1) is 6.59. The van der Waals surface area contributed by atoms with E-state index in [1.807, 2.05) is 0 Å². The Balaban J connectivity index is 2.41. The molecule has 4 N–H and O–H groups in total. The van der Waals surface area contributed by atoms with Gasteiger partial charge in [-0.3, -0.25) is 0 Å². The smallest absolute Gasteiger partial charge is 0.404 e. The molecule has 0 aromatic carbocycles. The predicted octanol–water partition coefficient (Wildman–Crippen LogP) is -0.808. The Hall–Kier alpha value is -1.63. The number of nitrogens with two attached hydrogens (primary N) is 1. The van der Waals surface area contributed by atoms with E-state index in [0.29, 0.717) is 5.69 Å². The highest BCUT2D eigenvalue weighted by molar-refractivity contribution is 5.64. The zero-order valence-electron chi connectivity index (χ0n) is 7.67. The van der Waals surface area contributed by atoms with Crippen LogP contribution in [0.4, 0.5) is 4.79 Å². The number of aliphatic hydroxyl groups excluding tert-OH is 1. The topological polar surface area (TPSA) is 114 Å². The van der Waals surface area contributed by atoms with Crippen LogP contribution in [0.1, 0.15) is 12.6 Å². The number of hydrogen-bond donors (Lipinski definition) is 3. The number of amides is 1. The van der Waals surface area contributed by atoms with E-state index < -0.39 is 18.3 Å². The molecule has 2 atom stereocenters. The lowest BCUT2D eigenvalue weighted by atomic mass is 10.1. The van der Waals surface area contributed by atoms with Crippen LogP contribution in [-0.2, 0) is 11.2 Å². The van der Waals surface area contributed by atoms with Gasteiger partial charge >= 0.3 is 6.09 Å². The molecule has 1 aromatic rings. The van der Waals surface area contributed by atoms with Gasteiger partial charge in [0, 0.05) is 6.42 Å². The number of ether oxygens (including phenoxy) is 1. The Morgan fingerprint density at radius 2 is 2.57 bits per heavy atom. The highest BCUT2D eigenvalue weighted by atomic mass is 16.6. The van der Waals surface area contributed by atoms with Crippen LogP contribution in [0.3, 0.4) is 0 Å². The summed E-state index contributed by atoms with van der Waals surface area (Å²) in [6, 6.07) is 0. The number of nitrogens with zero attached hydrogens (tertiary/aromatic N) is 2. The lowest BCUT2D eigenvalue weighted by Crippen LogP contribution is -2.32. The summed E-state index contributed by atoms with van der Waals surface area (Å²) < 4.78 is 4.59. The van der Waals surface area contributed by atoms with Crippen molar-refractivity contribution >= 4 is 6.09 Å². The highest BCUT2D eigenvalue weighted by Gasteiger charge is 2.18. The van der Waals surface area contributed by atoms with Crippen molar-refractivity contribution in [2.45, 2.75) is 25.6 Å². The van der Waals surface area contributed by atoms with E-state index in [9.17, 15) is 9.90 Å². The molecule has 0 aliphatic carbocycles. The van der Waals surface area contributed by atoms with Crippen molar-refractivity contribution in [1.29, 1.82) is 0 Å². The molecular formula is C7H12N4O3. The number of primary amides is 1. The van der Waals surface area contributed by atoms with Crippen LogP contribution in [0.2, 0.25) is 0 Å². The van der Waals surface area contributed by atoms with Crippen LogP contribution >= 0.6 is 0 Å². The number of aromatic nitrogens is 3. The van der Waals surface area contributed by atoms with Gasteiger partial charge in [-0.2, -0.15) is 15.4 Å². The molecule has 1 rings (SSSR count). The largest absolute Gasteiger partial charge is 0.444 e. The molecule has 7 nitrogen and oxygen atoms in total. The fraction of sp³-hybridized carbons (Fsp3) is 0.571. The SMILES string of the molecule is CC(OC(N)=O)C(O)Cc1cn[nH]n1. The fourth-order valence-electron chi connectivity index (χ4n) is 0.966. The van der Waals surface area contributed by atoms with Crippen LogP contribution in [-0.4, -0.2) is 38.8 Å². The molecule has 0 fully saturated rings. The first-order valence-corrected chi connectivity index (χ1v) is 4.08. The van der Waals surface area contributed by atoms with Gasteiger partial charge in [0.1, 0.15) is 6.10 Å². The molecule has 1 aromatic heterocycles. The zero-order valence-corrected chi connectivity index (χ0v) is 7.67. The fourth-order valence-corrected chi connectivity index (χ4v) is 0.966. The van der Waals surface area contributed by atoms with Gasteiger partial charge in [0.2, 0.25) is 0 Å². The molecule has 7 heteroatoms. The normalized spacial score (nSPS) is 14.7. The average molecular weight is 200 g/mol. The van der Waals surface area contributed by atoms with Gasteiger partial charge in [0.15, 0.2) is 0 Å². The predicted molar refractivity (Wildman–Crippen MR) is 46.2 cm³/mol. The highest BCUT2D eigenvalue weighted by Crippen LogP contribution is 2.04. The van der Waals surface area contributed by atoms with E-state index >= 15 is 0 Å². The molecule has 0 saturated carbocycles. The van der Waals surface area contributed by atoms with E-state index in [4.69, 9.17) is 5.73 Å². The monoisotopic (exact) mass is 200 g/mol. The Morgan fingerprint density at radius 1 is 1.86 bits per heavy atom. The lowest BCUT2D eigenvalue weighted by Gasteiger charge is -2.16. The summed E-state index contributed by atoms with van der Waals surface area (Å²) in [4.78, 5) is 10.4. The summed E-state index contributed by atoms with van der Waals surface area (Å²) in [6.07, 6.45) is -0.668. The van der Waals surface area contributed by atoms with Gasteiger partial charge in [0.05, 0.1) is 18.0 Å². The van der Waals surface area contributed by atoms with E-state index in [0.717, 1.165) is 0 Å². The molecule has 1 heterocycles. The minimum Gasteiger partial charge on any atom is -0.444 e. The summed E-state index contributed by atoms with van der Waals surface area (Å²) in [5.41, 5.74) is 5.39. The molecule has 0 saturated heterocycles. The second-order valence-electron chi connectivity index (χ2n) is 2.87. The molecule has 2 unspecified atom stereocenters. The van der Waals surface area contributed by atoms with Gasteiger partial charge in [-0.15, -0.1) is 0 Å². The van der Waals surface area contributed by atoms with Crippen LogP contribution < -0.4 is 5.73 Å². The number of hydrogen-bond acceptors (Lipinski definition) is 5. The van der Waals surface area contributed by atoms with Crippen molar-refractivity contribution in [2.75, 3.05) is 0 Å². The third-order valence-electron chi connectivity index (χ3n) is 1.73. The number of nitrogens with one attached hydrogen (secondary N) is 1. The Labute approximate surface area is 80.3 Å². The number of H-pyrrole nitrogens is 1. The van der Waals surface area contributed by atoms with Crippen LogP contribution in [0.15, 0.2) is 6.20 Å². The first kappa shape index (κ1) is 10.5. The van der Waals surface area contributed by atoms with Crippen molar-refractivity contribution in [1.82, 2.24) is 15.4 Å².